The van der Waals surface area contributed by atoms with Crippen LogP contribution in [-0.4, -0.2) is 21.0 Å². The van der Waals surface area contributed by atoms with Crippen LogP contribution >= 0.6 is 11.5 Å². The highest BCUT2D eigenvalue weighted by Crippen LogP contribution is 2.26. The maximum absolute atomic E-state index is 4.09. The first-order valence-corrected chi connectivity index (χ1v) is 4.04. The molecule has 0 unspecified atom stereocenters. The van der Waals surface area contributed by atoms with Gasteiger partial charge in [-0.3, -0.25) is 3.96 Å². The third-order valence-corrected chi connectivity index (χ3v) is 2.49. The predicted octanol–water partition coefficient (Wildman–Crippen LogP) is 1.07. The van der Waals surface area contributed by atoms with E-state index < -0.39 is 0 Å². The average Bonchev–Trinajstić information content (AvgIpc) is 2.01. The Morgan fingerprint density at radius 3 is 2.91 bits per heavy atom. The summed E-state index contributed by atoms with van der Waals surface area (Å²) in [4.78, 5) is 9.22. The first-order valence-electron chi connectivity index (χ1n) is 3.27. The molecule has 58 valence electrons. The van der Waals surface area contributed by atoms with Crippen LogP contribution in [0.15, 0.2) is 6.33 Å². The lowest BCUT2D eigenvalue weighted by molar-refractivity contribution is 1.04. The van der Waals surface area contributed by atoms with Crippen molar-refractivity contribution >= 4 is 27.7 Å². The van der Waals surface area contributed by atoms with Crippen LogP contribution in [0, 0.1) is 0 Å². The highest BCUT2D eigenvalue weighted by Gasteiger charge is 2.08. The SMILES string of the molecule is CNc1ncnc2sn(C)c12. The monoisotopic (exact) mass is 168 g/mol. The van der Waals surface area contributed by atoms with E-state index >= 15 is 0 Å². The molecule has 0 aliphatic rings. The van der Waals surface area contributed by atoms with Crippen LogP contribution in [0.4, 0.5) is 5.82 Å². The van der Waals surface area contributed by atoms with E-state index in [1.165, 1.54) is 0 Å². The van der Waals surface area contributed by atoms with Crippen LogP contribution in [0.1, 0.15) is 0 Å². The lowest BCUT2D eigenvalue weighted by Crippen LogP contribution is -2.02. The fourth-order valence-electron chi connectivity index (χ4n) is 1.03. The van der Waals surface area contributed by atoms with Gasteiger partial charge in [0.05, 0.1) is 0 Å². The second-order valence-electron chi connectivity index (χ2n) is 2.21. The Hall–Kier alpha value is -1.10. The lowest BCUT2D eigenvalue weighted by Gasteiger charge is -2.10. The van der Waals surface area contributed by atoms with Crippen molar-refractivity contribution in [1.82, 2.24) is 13.9 Å². The molecule has 0 fully saturated rings. The van der Waals surface area contributed by atoms with E-state index in [2.05, 4.69) is 15.3 Å². The minimum absolute atomic E-state index is 0.899. The Kier molecular flexibility index (Phi) is 1.32. The summed E-state index contributed by atoms with van der Waals surface area (Å²) in [6.07, 6.45) is 1.57. The van der Waals surface area contributed by atoms with E-state index in [0.717, 1.165) is 16.2 Å². The Morgan fingerprint density at radius 1 is 1.55 bits per heavy atom. The van der Waals surface area contributed by atoms with E-state index in [4.69, 9.17) is 0 Å². The molecule has 5 heteroatoms. The Balaban J connectivity index is 2.70. The van der Waals surface area contributed by atoms with Crippen molar-refractivity contribution in [3.8, 4) is 0 Å². The maximum atomic E-state index is 4.09. The van der Waals surface area contributed by atoms with Gasteiger partial charge in [-0.15, -0.1) is 0 Å². The molecule has 2 aromatic heterocycles. The second kappa shape index (κ2) is 2.20. The number of anilines is 1. The quantitative estimate of drug-likeness (QED) is 0.692. The number of nitrogens with zero attached hydrogens (tertiary/aromatic N) is 3. The molecule has 0 saturated heterocycles. The third kappa shape index (κ3) is 0.808. The fraction of sp³-hybridized carbons (Fsp3) is 0.333. The van der Waals surface area contributed by atoms with Gasteiger partial charge < -0.3 is 5.32 Å². The standard InChI is InChI=1S/C6H8N4S/c1-7-5-4-6(9-3-8-5)11-10(4)2/h3H,1-2H3,(H,7,8,9). The molecular weight excluding hydrogens is 160 g/mol. The van der Waals surface area contributed by atoms with Crippen molar-refractivity contribution in [2.75, 3.05) is 12.4 Å². The van der Waals surface area contributed by atoms with Crippen LogP contribution in [0.5, 0.6) is 0 Å². The topological polar surface area (TPSA) is 42.7 Å². The largest absolute Gasteiger partial charge is 0.371 e. The molecule has 0 saturated carbocycles. The molecular formula is C6H8N4S. The molecule has 11 heavy (non-hydrogen) atoms. The summed E-state index contributed by atoms with van der Waals surface area (Å²) in [5.74, 6) is 0.899. The number of rotatable bonds is 1. The van der Waals surface area contributed by atoms with Crippen molar-refractivity contribution in [1.29, 1.82) is 0 Å². The van der Waals surface area contributed by atoms with Gasteiger partial charge in [0, 0.05) is 14.1 Å². The lowest BCUT2D eigenvalue weighted by atomic mass is 10.5. The van der Waals surface area contributed by atoms with Gasteiger partial charge in [-0.25, -0.2) is 9.97 Å². The molecule has 0 bridgehead atoms. The molecule has 2 aromatic rings. The van der Waals surface area contributed by atoms with Gasteiger partial charge in [-0.1, -0.05) is 0 Å². The average molecular weight is 168 g/mol. The van der Waals surface area contributed by atoms with Crippen LogP contribution in [0.2, 0.25) is 0 Å². The molecule has 2 heterocycles. The van der Waals surface area contributed by atoms with Gasteiger partial charge in [0.2, 0.25) is 0 Å². The summed E-state index contributed by atoms with van der Waals surface area (Å²) in [6.45, 7) is 0. The number of hydrogen-bond acceptors (Lipinski definition) is 4. The van der Waals surface area contributed by atoms with Crippen molar-refractivity contribution in [3.63, 3.8) is 0 Å². The summed E-state index contributed by atoms with van der Waals surface area (Å²) >= 11 is 1.63. The molecule has 4 nitrogen and oxygen atoms in total. The summed E-state index contributed by atoms with van der Waals surface area (Å²) in [5, 5.41) is 3.01. The summed E-state index contributed by atoms with van der Waals surface area (Å²) in [6, 6.07) is 0. The molecule has 0 radical (unpaired) electrons. The van der Waals surface area contributed by atoms with Crippen LogP contribution in [0.3, 0.4) is 0 Å². The molecule has 2 rings (SSSR count). The highest BCUT2D eigenvalue weighted by atomic mass is 32.1. The summed E-state index contributed by atoms with van der Waals surface area (Å²) in [7, 11) is 3.86. The number of aromatic nitrogens is 3. The first-order chi connectivity index (χ1) is 5.33. The van der Waals surface area contributed by atoms with Gasteiger partial charge in [0.15, 0.2) is 10.6 Å². The van der Waals surface area contributed by atoms with Crippen molar-refractivity contribution < 1.29 is 0 Å². The molecule has 0 atom stereocenters. The number of hydrogen-bond donors (Lipinski definition) is 1. The van der Waals surface area contributed by atoms with Gasteiger partial charge in [-0.05, 0) is 11.5 Å². The summed E-state index contributed by atoms with van der Waals surface area (Å²) in [5.41, 5.74) is 1.10. The normalized spacial score (nSPS) is 10.7. The Morgan fingerprint density at radius 2 is 2.36 bits per heavy atom. The van der Waals surface area contributed by atoms with E-state index in [0.29, 0.717) is 0 Å². The first kappa shape index (κ1) is 6.60. The van der Waals surface area contributed by atoms with Gasteiger partial charge in [0.1, 0.15) is 11.8 Å². The second-order valence-corrected chi connectivity index (χ2v) is 3.33. The van der Waals surface area contributed by atoms with E-state index in [1.54, 1.807) is 17.9 Å². The van der Waals surface area contributed by atoms with Gasteiger partial charge in [-0.2, -0.15) is 0 Å². The van der Waals surface area contributed by atoms with Crippen molar-refractivity contribution in [3.05, 3.63) is 6.33 Å². The molecule has 0 amide bonds. The van der Waals surface area contributed by atoms with E-state index in [9.17, 15) is 0 Å². The number of nitrogens with one attached hydrogen (secondary N) is 1. The fourth-order valence-corrected chi connectivity index (χ4v) is 1.84. The highest BCUT2D eigenvalue weighted by molar-refractivity contribution is 7.15. The zero-order valence-corrected chi connectivity index (χ0v) is 7.14. The van der Waals surface area contributed by atoms with Crippen molar-refractivity contribution in [2.45, 2.75) is 0 Å². The van der Waals surface area contributed by atoms with E-state index in [1.807, 2.05) is 18.1 Å². The van der Waals surface area contributed by atoms with Crippen molar-refractivity contribution in [2.24, 2.45) is 7.05 Å². The van der Waals surface area contributed by atoms with Crippen LogP contribution in [-0.2, 0) is 7.05 Å². The third-order valence-electron chi connectivity index (χ3n) is 1.56. The molecule has 1 N–H and O–H groups in total. The molecule has 0 spiro atoms. The molecule has 0 aromatic carbocycles. The Labute approximate surface area is 68.0 Å². The predicted molar refractivity (Wildman–Crippen MR) is 45.9 cm³/mol. The number of aryl methyl sites for hydroxylation is 1. The van der Waals surface area contributed by atoms with E-state index in [-0.39, 0.29) is 0 Å². The number of fused-ring (bicyclic) bond motifs is 1. The van der Waals surface area contributed by atoms with Crippen LogP contribution in [0.25, 0.3) is 10.3 Å². The minimum atomic E-state index is 0.899. The minimum Gasteiger partial charge on any atom is -0.371 e. The van der Waals surface area contributed by atoms with Crippen LogP contribution < -0.4 is 5.32 Å². The smallest absolute Gasteiger partial charge is 0.162 e. The maximum Gasteiger partial charge on any atom is 0.162 e. The molecule has 0 aliphatic heterocycles. The Bertz CT molecular complexity index is 375. The zero-order chi connectivity index (χ0) is 7.84. The summed E-state index contributed by atoms with van der Waals surface area (Å²) < 4.78 is 2.04. The molecule has 0 aliphatic carbocycles. The zero-order valence-electron chi connectivity index (χ0n) is 6.33. The van der Waals surface area contributed by atoms with Gasteiger partial charge in [0.25, 0.3) is 0 Å². The van der Waals surface area contributed by atoms with Gasteiger partial charge >= 0.3 is 0 Å².